The SMILES string of the molecule is Cc1cc(C(F)(F)F)ncc1N1CC2(CCC(c3ccccc3)(N(C)C)CC2)NC1O. The largest absolute Gasteiger partial charge is 0.433 e. The van der Waals surface area contributed by atoms with Gasteiger partial charge in [0.05, 0.1) is 11.9 Å². The van der Waals surface area contributed by atoms with Crippen LogP contribution in [0.1, 0.15) is 42.5 Å². The molecule has 2 heterocycles. The summed E-state index contributed by atoms with van der Waals surface area (Å²) in [5, 5.41) is 14.1. The van der Waals surface area contributed by atoms with Crippen molar-refractivity contribution in [2.24, 2.45) is 0 Å². The first-order valence-electron chi connectivity index (χ1n) is 10.6. The van der Waals surface area contributed by atoms with E-state index in [1.54, 1.807) is 11.8 Å². The molecule has 168 valence electrons. The Bertz CT molecular complexity index is 924. The van der Waals surface area contributed by atoms with Crippen LogP contribution in [0.15, 0.2) is 42.6 Å². The molecule has 1 aliphatic carbocycles. The van der Waals surface area contributed by atoms with Crippen LogP contribution in [0.3, 0.4) is 0 Å². The number of pyridine rings is 1. The van der Waals surface area contributed by atoms with E-state index in [1.165, 1.54) is 11.8 Å². The molecule has 2 aliphatic rings. The predicted octanol–water partition coefficient (Wildman–Crippen LogP) is 3.86. The van der Waals surface area contributed by atoms with Gasteiger partial charge in [-0.3, -0.25) is 10.2 Å². The maximum Gasteiger partial charge on any atom is 0.433 e. The minimum atomic E-state index is -4.48. The third-order valence-electron chi connectivity index (χ3n) is 7.09. The highest BCUT2D eigenvalue weighted by molar-refractivity contribution is 5.54. The first kappa shape index (κ1) is 22.0. The van der Waals surface area contributed by atoms with Gasteiger partial charge in [-0.2, -0.15) is 13.2 Å². The molecule has 2 fully saturated rings. The van der Waals surface area contributed by atoms with Gasteiger partial charge in [-0.25, -0.2) is 4.98 Å². The third-order valence-corrected chi connectivity index (χ3v) is 7.09. The van der Waals surface area contributed by atoms with Gasteiger partial charge in [0.25, 0.3) is 0 Å². The molecule has 2 N–H and O–H groups in total. The third kappa shape index (κ3) is 3.92. The number of nitrogens with zero attached hydrogens (tertiary/aromatic N) is 3. The standard InChI is InChI=1S/C23H29F3N4O/c1-16-13-19(23(24,25)26)27-14-18(16)30-15-21(28-20(30)31)9-11-22(12-10-21,29(2)3)17-7-5-4-6-8-17/h4-8,13-14,20,28,31H,9-12,15H2,1-3H3. The van der Waals surface area contributed by atoms with Crippen LogP contribution in [0.25, 0.3) is 0 Å². The summed E-state index contributed by atoms with van der Waals surface area (Å²) in [5.74, 6) is 0. The van der Waals surface area contributed by atoms with Crippen LogP contribution < -0.4 is 10.2 Å². The first-order valence-corrected chi connectivity index (χ1v) is 10.6. The molecular formula is C23H29F3N4O. The Kier molecular flexibility index (Phi) is 5.52. The van der Waals surface area contributed by atoms with E-state index >= 15 is 0 Å². The van der Waals surface area contributed by atoms with Crippen molar-refractivity contribution in [2.45, 2.75) is 56.2 Å². The van der Waals surface area contributed by atoms with Crippen molar-refractivity contribution in [2.75, 3.05) is 25.5 Å². The summed E-state index contributed by atoms with van der Waals surface area (Å²) in [6.45, 7) is 2.15. The molecule has 5 nitrogen and oxygen atoms in total. The van der Waals surface area contributed by atoms with Crippen LogP contribution in [0.5, 0.6) is 0 Å². The Morgan fingerprint density at radius 1 is 1.13 bits per heavy atom. The normalized spacial score (nSPS) is 29.2. The molecule has 1 atom stereocenters. The number of anilines is 1. The molecule has 8 heteroatoms. The molecule has 2 aromatic rings. The average Bonchev–Trinajstić information content (AvgIpc) is 3.04. The van der Waals surface area contributed by atoms with Gasteiger partial charge in [-0.05, 0) is 63.9 Å². The molecule has 1 aliphatic heterocycles. The number of hydrogen-bond donors (Lipinski definition) is 2. The van der Waals surface area contributed by atoms with Crippen LogP contribution in [0, 0.1) is 6.92 Å². The number of rotatable bonds is 3. The topological polar surface area (TPSA) is 51.6 Å². The van der Waals surface area contributed by atoms with Gasteiger partial charge in [0.2, 0.25) is 0 Å². The summed E-state index contributed by atoms with van der Waals surface area (Å²) in [6.07, 6.45) is -0.687. The molecule has 0 amide bonds. The van der Waals surface area contributed by atoms with Gasteiger partial charge >= 0.3 is 6.18 Å². The second-order valence-electron chi connectivity index (χ2n) is 9.07. The monoisotopic (exact) mass is 434 g/mol. The van der Waals surface area contributed by atoms with Crippen molar-refractivity contribution in [3.63, 3.8) is 0 Å². The van der Waals surface area contributed by atoms with Gasteiger partial charge < -0.3 is 10.0 Å². The van der Waals surface area contributed by atoms with E-state index in [0.29, 0.717) is 17.8 Å². The number of hydrogen-bond acceptors (Lipinski definition) is 5. The number of aryl methyl sites for hydroxylation is 1. The van der Waals surface area contributed by atoms with Crippen molar-refractivity contribution < 1.29 is 18.3 Å². The lowest BCUT2D eigenvalue weighted by Gasteiger charge is -2.49. The zero-order valence-corrected chi connectivity index (χ0v) is 18.1. The molecule has 1 saturated carbocycles. The summed E-state index contributed by atoms with van der Waals surface area (Å²) in [6, 6.07) is 11.5. The molecular weight excluding hydrogens is 405 g/mol. The Balaban J connectivity index is 1.55. The van der Waals surface area contributed by atoms with Gasteiger partial charge in [0, 0.05) is 17.6 Å². The molecule has 0 bridgehead atoms. The number of aliphatic hydroxyl groups is 1. The zero-order valence-electron chi connectivity index (χ0n) is 18.1. The Morgan fingerprint density at radius 2 is 1.77 bits per heavy atom. The minimum Gasteiger partial charge on any atom is -0.361 e. The second kappa shape index (κ2) is 7.76. The maximum absolute atomic E-state index is 13.0. The Morgan fingerprint density at radius 3 is 2.32 bits per heavy atom. The number of benzene rings is 1. The van der Waals surface area contributed by atoms with E-state index in [-0.39, 0.29) is 11.1 Å². The van der Waals surface area contributed by atoms with E-state index in [9.17, 15) is 18.3 Å². The second-order valence-corrected chi connectivity index (χ2v) is 9.07. The summed E-state index contributed by atoms with van der Waals surface area (Å²) in [4.78, 5) is 7.61. The fraction of sp³-hybridized carbons (Fsp3) is 0.522. The van der Waals surface area contributed by atoms with Crippen molar-refractivity contribution in [1.29, 1.82) is 0 Å². The number of halogens is 3. The summed E-state index contributed by atoms with van der Waals surface area (Å²) >= 11 is 0. The van der Waals surface area contributed by atoms with Crippen LogP contribution in [-0.2, 0) is 11.7 Å². The van der Waals surface area contributed by atoms with Crippen LogP contribution >= 0.6 is 0 Å². The molecule has 1 unspecified atom stereocenters. The van der Waals surface area contributed by atoms with E-state index in [1.807, 2.05) is 6.07 Å². The van der Waals surface area contributed by atoms with Crippen LogP contribution in [-0.4, -0.2) is 47.5 Å². The van der Waals surface area contributed by atoms with E-state index in [4.69, 9.17) is 0 Å². The number of aliphatic hydroxyl groups excluding tert-OH is 1. The smallest absolute Gasteiger partial charge is 0.361 e. The molecule has 31 heavy (non-hydrogen) atoms. The molecule has 0 radical (unpaired) electrons. The van der Waals surface area contributed by atoms with Crippen molar-refractivity contribution >= 4 is 5.69 Å². The number of alkyl halides is 3. The highest BCUT2D eigenvalue weighted by Crippen LogP contribution is 2.47. The summed E-state index contributed by atoms with van der Waals surface area (Å²) in [5.41, 5.74) is 0.983. The molecule has 1 aromatic carbocycles. The zero-order chi connectivity index (χ0) is 22.4. The quantitative estimate of drug-likeness (QED) is 0.768. The van der Waals surface area contributed by atoms with Crippen molar-refractivity contribution in [3.8, 4) is 0 Å². The molecule has 1 spiro atoms. The number of nitrogens with one attached hydrogen (secondary N) is 1. The Labute approximate surface area is 180 Å². The van der Waals surface area contributed by atoms with Gasteiger partial charge in [-0.1, -0.05) is 30.3 Å². The van der Waals surface area contributed by atoms with E-state index < -0.39 is 18.2 Å². The lowest BCUT2D eigenvalue weighted by molar-refractivity contribution is -0.141. The highest BCUT2D eigenvalue weighted by atomic mass is 19.4. The van der Waals surface area contributed by atoms with Crippen molar-refractivity contribution in [1.82, 2.24) is 15.2 Å². The maximum atomic E-state index is 13.0. The predicted molar refractivity (Wildman–Crippen MR) is 113 cm³/mol. The summed E-state index contributed by atoms with van der Waals surface area (Å²) < 4.78 is 38.9. The number of aromatic nitrogens is 1. The van der Waals surface area contributed by atoms with E-state index in [0.717, 1.165) is 31.7 Å². The Hall–Kier alpha value is -2.16. The lowest BCUT2D eigenvalue weighted by Crippen LogP contribution is -2.54. The molecule has 1 saturated heterocycles. The van der Waals surface area contributed by atoms with E-state index in [2.05, 4.69) is 53.6 Å². The van der Waals surface area contributed by atoms with Crippen molar-refractivity contribution in [3.05, 3.63) is 59.4 Å². The lowest BCUT2D eigenvalue weighted by atomic mass is 9.69. The first-order chi connectivity index (χ1) is 14.6. The average molecular weight is 435 g/mol. The minimum absolute atomic E-state index is 0.0710. The molecule has 1 aromatic heterocycles. The summed E-state index contributed by atoms with van der Waals surface area (Å²) in [7, 11) is 4.21. The van der Waals surface area contributed by atoms with Gasteiger partial charge in [-0.15, -0.1) is 0 Å². The van der Waals surface area contributed by atoms with Crippen LogP contribution in [0.4, 0.5) is 18.9 Å². The molecule has 4 rings (SSSR count). The van der Waals surface area contributed by atoms with Gasteiger partial charge in [0.1, 0.15) is 5.69 Å². The van der Waals surface area contributed by atoms with Crippen LogP contribution in [0.2, 0.25) is 0 Å². The van der Waals surface area contributed by atoms with Gasteiger partial charge in [0.15, 0.2) is 6.35 Å². The highest BCUT2D eigenvalue weighted by Gasteiger charge is 2.50. The fourth-order valence-corrected chi connectivity index (χ4v) is 5.22. The fourth-order valence-electron chi connectivity index (χ4n) is 5.22.